The summed E-state index contributed by atoms with van der Waals surface area (Å²) in [5.41, 5.74) is 2.12. The van der Waals surface area contributed by atoms with Crippen molar-refractivity contribution in [2.45, 2.75) is 52.1 Å². The van der Waals surface area contributed by atoms with E-state index in [9.17, 15) is 9.59 Å². The van der Waals surface area contributed by atoms with Gasteiger partial charge in [-0.2, -0.15) is 5.10 Å². The van der Waals surface area contributed by atoms with Crippen molar-refractivity contribution in [2.75, 3.05) is 19.6 Å². The number of amides is 2. The van der Waals surface area contributed by atoms with Gasteiger partial charge in [0.25, 0.3) is 0 Å². The predicted octanol–water partition coefficient (Wildman–Crippen LogP) is 1.62. The van der Waals surface area contributed by atoms with Gasteiger partial charge in [-0.3, -0.25) is 14.3 Å². The van der Waals surface area contributed by atoms with E-state index in [1.165, 1.54) is 0 Å². The Hall–Kier alpha value is -2.77. The summed E-state index contributed by atoms with van der Waals surface area (Å²) in [5, 5.41) is 4.19. The normalized spacial score (nSPS) is 18.4. The minimum atomic E-state index is -0.0873. The summed E-state index contributed by atoms with van der Waals surface area (Å²) in [6, 6.07) is 1.87. The maximum absolute atomic E-state index is 12.8. The second-order valence-electron chi connectivity index (χ2n) is 8.12. The van der Waals surface area contributed by atoms with Crippen LogP contribution < -0.4 is 0 Å². The van der Waals surface area contributed by atoms with Crippen molar-refractivity contribution in [3.8, 4) is 0 Å². The number of aromatic nitrogens is 4. The van der Waals surface area contributed by atoms with Crippen LogP contribution in [0.5, 0.6) is 0 Å². The molecule has 0 N–H and O–H groups in total. The van der Waals surface area contributed by atoms with Gasteiger partial charge in [0.15, 0.2) is 0 Å². The number of carbonyl (C=O) groups excluding carboxylic acids is 2. The van der Waals surface area contributed by atoms with Crippen molar-refractivity contribution in [3.05, 3.63) is 41.7 Å². The third kappa shape index (κ3) is 4.31. The highest BCUT2D eigenvalue weighted by Gasteiger charge is 2.29. The van der Waals surface area contributed by atoms with Gasteiger partial charge < -0.3 is 9.80 Å². The SMILES string of the molecule is CC(=O)N1CCc2nc(C3CCN(C(=O)C(C)Cn4cccn4)CC3)ncc2C1. The molecule has 2 amide bonds. The lowest BCUT2D eigenvalue weighted by Gasteiger charge is -2.33. The molecule has 2 aromatic heterocycles. The third-order valence-electron chi connectivity index (χ3n) is 6.01. The average molecular weight is 396 g/mol. The summed E-state index contributed by atoms with van der Waals surface area (Å²) in [4.78, 5) is 37.6. The lowest BCUT2D eigenvalue weighted by atomic mass is 9.94. The van der Waals surface area contributed by atoms with Gasteiger partial charge in [-0.25, -0.2) is 9.97 Å². The molecule has 1 fully saturated rings. The first kappa shape index (κ1) is 19.5. The Morgan fingerprint density at radius 3 is 2.69 bits per heavy atom. The molecule has 0 aromatic carbocycles. The van der Waals surface area contributed by atoms with Gasteiger partial charge >= 0.3 is 0 Å². The van der Waals surface area contributed by atoms with Crippen molar-refractivity contribution in [1.29, 1.82) is 0 Å². The van der Waals surface area contributed by atoms with E-state index in [0.717, 1.165) is 56.0 Å². The number of fused-ring (bicyclic) bond motifs is 1. The molecule has 1 saturated heterocycles. The van der Waals surface area contributed by atoms with E-state index in [0.29, 0.717) is 13.1 Å². The molecule has 0 spiro atoms. The van der Waals surface area contributed by atoms with Crippen molar-refractivity contribution < 1.29 is 9.59 Å². The monoisotopic (exact) mass is 396 g/mol. The number of likely N-dealkylation sites (tertiary alicyclic amines) is 1. The van der Waals surface area contributed by atoms with Crippen LogP contribution >= 0.6 is 0 Å². The molecule has 2 aliphatic heterocycles. The van der Waals surface area contributed by atoms with Crippen LogP contribution in [0, 0.1) is 5.92 Å². The maximum atomic E-state index is 12.8. The zero-order valence-corrected chi connectivity index (χ0v) is 17.1. The number of piperidine rings is 1. The summed E-state index contributed by atoms with van der Waals surface area (Å²) in [6.45, 7) is 6.98. The highest BCUT2D eigenvalue weighted by molar-refractivity contribution is 5.78. The first-order valence-electron chi connectivity index (χ1n) is 10.4. The second-order valence-corrected chi connectivity index (χ2v) is 8.12. The summed E-state index contributed by atoms with van der Waals surface area (Å²) < 4.78 is 1.81. The molecule has 1 unspecified atom stereocenters. The first-order chi connectivity index (χ1) is 14.0. The van der Waals surface area contributed by atoms with E-state index >= 15 is 0 Å². The van der Waals surface area contributed by atoms with Crippen LogP contribution in [-0.4, -0.2) is 61.0 Å². The molecule has 8 nitrogen and oxygen atoms in total. The Kier molecular flexibility index (Phi) is 5.60. The lowest BCUT2D eigenvalue weighted by molar-refractivity contribution is -0.136. The molecular formula is C21H28N6O2. The van der Waals surface area contributed by atoms with Crippen molar-refractivity contribution in [1.82, 2.24) is 29.5 Å². The smallest absolute Gasteiger partial charge is 0.227 e. The zero-order valence-electron chi connectivity index (χ0n) is 17.1. The van der Waals surface area contributed by atoms with E-state index in [4.69, 9.17) is 4.98 Å². The molecule has 0 bridgehead atoms. The second kappa shape index (κ2) is 8.31. The lowest BCUT2D eigenvalue weighted by Crippen LogP contribution is -2.42. The van der Waals surface area contributed by atoms with Gasteiger partial charge in [0, 0.05) is 69.6 Å². The molecular weight excluding hydrogens is 368 g/mol. The Balaban J connectivity index is 1.34. The van der Waals surface area contributed by atoms with Crippen molar-refractivity contribution in [3.63, 3.8) is 0 Å². The highest BCUT2D eigenvalue weighted by atomic mass is 16.2. The first-order valence-corrected chi connectivity index (χ1v) is 10.4. The molecule has 29 heavy (non-hydrogen) atoms. The molecule has 4 heterocycles. The predicted molar refractivity (Wildman–Crippen MR) is 107 cm³/mol. The van der Waals surface area contributed by atoms with E-state index in [1.807, 2.05) is 39.9 Å². The van der Waals surface area contributed by atoms with E-state index in [2.05, 4.69) is 10.1 Å². The van der Waals surface area contributed by atoms with Crippen LogP contribution in [0.4, 0.5) is 0 Å². The van der Waals surface area contributed by atoms with E-state index in [-0.39, 0.29) is 23.7 Å². The molecule has 0 radical (unpaired) electrons. The number of nitrogens with zero attached hydrogens (tertiary/aromatic N) is 6. The van der Waals surface area contributed by atoms with Gasteiger partial charge in [0.1, 0.15) is 5.82 Å². The minimum absolute atomic E-state index is 0.0873. The number of rotatable bonds is 4. The van der Waals surface area contributed by atoms with Crippen LogP contribution in [0.3, 0.4) is 0 Å². The topological polar surface area (TPSA) is 84.2 Å². The molecule has 154 valence electrons. The van der Waals surface area contributed by atoms with Gasteiger partial charge in [-0.05, 0) is 18.9 Å². The zero-order chi connectivity index (χ0) is 20.4. The van der Waals surface area contributed by atoms with E-state index in [1.54, 1.807) is 13.1 Å². The fourth-order valence-corrected chi connectivity index (χ4v) is 4.23. The number of hydrogen-bond donors (Lipinski definition) is 0. The van der Waals surface area contributed by atoms with Gasteiger partial charge in [-0.15, -0.1) is 0 Å². The number of carbonyl (C=O) groups is 2. The largest absolute Gasteiger partial charge is 0.342 e. The van der Waals surface area contributed by atoms with Crippen LogP contribution in [0.1, 0.15) is 49.7 Å². The van der Waals surface area contributed by atoms with Gasteiger partial charge in [0.05, 0.1) is 18.2 Å². The Bertz CT molecular complexity index is 873. The Morgan fingerprint density at radius 2 is 2.00 bits per heavy atom. The van der Waals surface area contributed by atoms with Crippen molar-refractivity contribution >= 4 is 11.8 Å². The molecule has 0 aliphatic carbocycles. The molecule has 8 heteroatoms. The average Bonchev–Trinajstić information content (AvgIpc) is 3.25. The minimum Gasteiger partial charge on any atom is -0.342 e. The Labute approximate surface area is 170 Å². The van der Waals surface area contributed by atoms with Crippen LogP contribution in [0.25, 0.3) is 0 Å². The van der Waals surface area contributed by atoms with Crippen molar-refractivity contribution in [2.24, 2.45) is 5.92 Å². The maximum Gasteiger partial charge on any atom is 0.227 e. The summed E-state index contributed by atoms with van der Waals surface area (Å²) in [6.07, 6.45) is 8.07. The third-order valence-corrected chi connectivity index (χ3v) is 6.01. The molecule has 4 rings (SSSR count). The molecule has 0 saturated carbocycles. The van der Waals surface area contributed by atoms with Gasteiger partial charge in [0.2, 0.25) is 11.8 Å². The molecule has 1 atom stereocenters. The van der Waals surface area contributed by atoms with E-state index < -0.39 is 0 Å². The molecule has 2 aliphatic rings. The number of hydrogen-bond acceptors (Lipinski definition) is 5. The quantitative estimate of drug-likeness (QED) is 0.784. The van der Waals surface area contributed by atoms with Crippen LogP contribution in [0.2, 0.25) is 0 Å². The summed E-state index contributed by atoms with van der Waals surface area (Å²) in [7, 11) is 0. The fraction of sp³-hybridized carbons (Fsp3) is 0.571. The van der Waals surface area contributed by atoms with Gasteiger partial charge in [-0.1, -0.05) is 6.92 Å². The Morgan fingerprint density at radius 1 is 1.21 bits per heavy atom. The standard InChI is InChI=1S/C21H28N6O2/c1-15(13-27-8-3-7-23-27)21(29)25-9-4-17(5-10-25)20-22-12-18-14-26(16(2)28)11-6-19(18)24-20/h3,7-8,12,15,17H,4-6,9-11,13-14H2,1-2H3. The molecule has 2 aromatic rings. The van der Waals surface area contributed by atoms with Crippen LogP contribution in [-0.2, 0) is 29.1 Å². The summed E-state index contributed by atoms with van der Waals surface area (Å²) in [5.74, 6) is 1.37. The summed E-state index contributed by atoms with van der Waals surface area (Å²) >= 11 is 0. The fourth-order valence-electron chi connectivity index (χ4n) is 4.23. The highest BCUT2D eigenvalue weighted by Crippen LogP contribution is 2.28. The van der Waals surface area contributed by atoms with Crippen LogP contribution in [0.15, 0.2) is 24.7 Å².